The Labute approximate surface area is 63.5 Å². The van der Waals surface area contributed by atoms with E-state index in [1.54, 1.807) is 0 Å². The Hall–Kier alpha value is -1.76. The van der Waals surface area contributed by atoms with Crippen molar-refractivity contribution in [1.82, 2.24) is 9.97 Å². The number of aldehydes is 1. The van der Waals surface area contributed by atoms with Gasteiger partial charge >= 0.3 is 0 Å². The molecule has 0 aliphatic carbocycles. The van der Waals surface area contributed by atoms with E-state index in [-0.39, 0.29) is 12.1 Å². The lowest BCUT2D eigenvalue weighted by molar-refractivity contribution is -0.107. The molecule has 0 aromatic carbocycles. The minimum Gasteiger partial charge on any atom is -0.303 e. The van der Waals surface area contributed by atoms with Crippen molar-refractivity contribution in [2.45, 2.75) is 6.42 Å². The van der Waals surface area contributed by atoms with E-state index in [0.717, 1.165) is 0 Å². The summed E-state index contributed by atoms with van der Waals surface area (Å²) in [6.45, 7) is 0. The van der Waals surface area contributed by atoms with Gasteiger partial charge in [0.25, 0.3) is 0 Å². The van der Waals surface area contributed by atoms with E-state index in [9.17, 15) is 4.79 Å². The van der Waals surface area contributed by atoms with Crippen LogP contribution in [0.4, 0.5) is 0 Å². The molecule has 0 spiro atoms. The van der Waals surface area contributed by atoms with Gasteiger partial charge in [-0.25, -0.2) is 4.98 Å². The molecule has 0 N–H and O–H groups in total. The fourth-order valence-corrected chi connectivity index (χ4v) is 0.689. The van der Waals surface area contributed by atoms with E-state index in [1.807, 2.05) is 6.07 Å². The number of hydrogen-bond acceptors (Lipinski definition) is 4. The van der Waals surface area contributed by atoms with E-state index in [1.165, 1.54) is 12.4 Å². The zero-order valence-corrected chi connectivity index (χ0v) is 5.69. The maximum Gasteiger partial charge on any atom is 0.162 e. The summed E-state index contributed by atoms with van der Waals surface area (Å²) in [5, 5.41) is 8.48. The molecular formula is C7H5N3O. The SMILES string of the molecule is N#Cc1nccnc1CC=O. The molecule has 0 bridgehead atoms. The summed E-state index contributed by atoms with van der Waals surface area (Å²) in [6, 6.07) is 1.85. The van der Waals surface area contributed by atoms with Crippen molar-refractivity contribution >= 4 is 6.29 Å². The maximum atomic E-state index is 10.1. The lowest BCUT2D eigenvalue weighted by Crippen LogP contribution is -1.97. The van der Waals surface area contributed by atoms with Crippen LogP contribution < -0.4 is 0 Å². The van der Waals surface area contributed by atoms with E-state index in [0.29, 0.717) is 12.0 Å². The molecule has 0 amide bonds. The van der Waals surface area contributed by atoms with Gasteiger partial charge in [-0.3, -0.25) is 4.98 Å². The summed E-state index contributed by atoms with van der Waals surface area (Å²) in [5.74, 6) is 0. The van der Waals surface area contributed by atoms with Crippen LogP contribution in [0.1, 0.15) is 11.4 Å². The summed E-state index contributed by atoms with van der Waals surface area (Å²) >= 11 is 0. The fraction of sp³-hybridized carbons (Fsp3) is 0.143. The number of carbonyl (C=O) groups excluding carboxylic acids is 1. The zero-order valence-electron chi connectivity index (χ0n) is 5.69. The molecule has 1 aromatic heterocycles. The second-order valence-electron chi connectivity index (χ2n) is 1.83. The number of nitrogens with zero attached hydrogens (tertiary/aromatic N) is 3. The number of rotatable bonds is 2. The third-order valence-electron chi connectivity index (χ3n) is 1.16. The van der Waals surface area contributed by atoms with Gasteiger partial charge in [0.15, 0.2) is 5.69 Å². The molecule has 4 nitrogen and oxygen atoms in total. The highest BCUT2D eigenvalue weighted by Gasteiger charge is 2.01. The number of aromatic nitrogens is 2. The molecule has 0 radical (unpaired) electrons. The van der Waals surface area contributed by atoms with Crippen LogP contribution in [0.5, 0.6) is 0 Å². The molecule has 0 saturated heterocycles. The second kappa shape index (κ2) is 3.42. The minimum absolute atomic E-state index is 0.150. The van der Waals surface area contributed by atoms with Gasteiger partial charge < -0.3 is 4.79 Å². The molecule has 1 heterocycles. The second-order valence-corrected chi connectivity index (χ2v) is 1.83. The topological polar surface area (TPSA) is 66.6 Å². The molecule has 11 heavy (non-hydrogen) atoms. The first-order valence-electron chi connectivity index (χ1n) is 3.02. The first-order valence-corrected chi connectivity index (χ1v) is 3.02. The highest BCUT2D eigenvalue weighted by Crippen LogP contribution is 1.98. The van der Waals surface area contributed by atoms with E-state index >= 15 is 0 Å². The van der Waals surface area contributed by atoms with Crippen LogP contribution in [-0.2, 0) is 11.2 Å². The van der Waals surface area contributed by atoms with Crippen LogP contribution in [0, 0.1) is 11.3 Å². The predicted molar refractivity (Wildman–Crippen MR) is 36.5 cm³/mol. The molecule has 0 saturated carbocycles. The quantitative estimate of drug-likeness (QED) is 0.556. The van der Waals surface area contributed by atoms with E-state index in [4.69, 9.17) is 5.26 Å². The van der Waals surface area contributed by atoms with E-state index < -0.39 is 0 Å². The van der Waals surface area contributed by atoms with Gasteiger partial charge in [-0.2, -0.15) is 5.26 Å². The Bertz CT molecular complexity index is 303. The smallest absolute Gasteiger partial charge is 0.162 e. The van der Waals surface area contributed by atoms with Crippen LogP contribution in [0.3, 0.4) is 0 Å². The average Bonchev–Trinajstić information content (AvgIpc) is 2.06. The van der Waals surface area contributed by atoms with Gasteiger partial charge in [0.1, 0.15) is 12.4 Å². The third-order valence-corrected chi connectivity index (χ3v) is 1.16. The van der Waals surface area contributed by atoms with Crippen molar-refractivity contribution in [2.24, 2.45) is 0 Å². The average molecular weight is 147 g/mol. The molecule has 1 aromatic rings. The Morgan fingerprint density at radius 3 is 2.91 bits per heavy atom. The van der Waals surface area contributed by atoms with Crippen molar-refractivity contribution in [2.75, 3.05) is 0 Å². The number of hydrogen-bond donors (Lipinski definition) is 0. The standard InChI is InChI=1S/C7H5N3O/c8-5-7-6(1-4-11)9-2-3-10-7/h2-4H,1H2. The molecule has 0 fully saturated rings. The minimum atomic E-state index is 0.150. The highest BCUT2D eigenvalue weighted by molar-refractivity contribution is 5.55. The molecule has 0 aliphatic heterocycles. The van der Waals surface area contributed by atoms with Gasteiger partial charge in [0, 0.05) is 18.8 Å². The summed E-state index contributed by atoms with van der Waals surface area (Å²) in [7, 11) is 0. The monoisotopic (exact) mass is 147 g/mol. The number of nitriles is 1. The van der Waals surface area contributed by atoms with Crippen molar-refractivity contribution in [3.63, 3.8) is 0 Å². The van der Waals surface area contributed by atoms with Crippen molar-refractivity contribution in [1.29, 1.82) is 5.26 Å². The molecule has 1 rings (SSSR count). The summed E-state index contributed by atoms with van der Waals surface area (Å²) < 4.78 is 0. The molecule has 54 valence electrons. The van der Waals surface area contributed by atoms with Gasteiger partial charge in [-0.1, -0.05) is 0 Å². The molecular weight excluding hydrogens is 142 g/mol. The highest BCUT2D eigenvalue weighted by atomic mass is 16.1. The Kier molecular flexibility index (Phi) is 2.28. The van der Waals surface area contributed by atoms with Crippen molar-refractivity contribution < 1.29 is 4.79 Å². The molecule has 0 aliphatic rings. The van der Waals surface area contributed by atoms with Gasteiger partial charge in [0.05, 0.1) is 5.69 Å². The molecule has 4 heteroatoms. The molecule has 0 unspecified atom stereocenters. The van der Waals surface area contributed by atoms with Gasteiger partial charge in [-0.05, 0) is 0 Å². The normalized spacial score (nSPS) is 8.64. The van der Waals surface area contributed by atoms with Crippen LogP contribution in [0.25, 0.3) is 0 Å². The first kappa shape index (κ1) is 7.35. The van der Waals surface area contributed by atoms with Crippen molar-refractivity contribution in [3.8, 4) is 6.07 Å². The largest absolute Gasteiger partial charge is 0.303 e. The van der Waals surface area contributed by atoms with Crippen LogP contribution in [-0.4, -0.2) is 16.3 Å². The Morgan fingerprint density at radius 2 is 2.27 bits per heavy atom. The zero-order chi connectivity index (χ0) is 8.10. The first-order chi connectivity index (χ1) is 5.38. The lowest BCUT2D eigenvalue weighted by Gasteiger charge is -1.93. The van der Waals surface area contributed by atoms with Crippen LogP contribution in [0.2, 0.25) is 0 Å². The lowest BCUT2D eigenvalue weighted by atomic mass is 10.2. The predicted octanol–water partition coefficient (Wildman–Crippen LogP) is 0.0897. The maximum absolute atomic E-state index is 10.1. The Balaban J connectivity index is 3.04. The Morgan fingerprint density at radius 1 is 1.55 bits per heavy atom. The van der Waals surface area contributed by atoms with E-state index in [2.05, 4.69) is 9.97 Å². The van der Waals surface area contributed by atoms with Crippen LogP contribution >= 0.6 is 0 Å². The van der Waals surface area contributed by atoms with Gasteiger partial charge in [-0.15, -0.1) is 0 Å². The van der Waals surface area contributed by atoms with Gasteiger partial charge in [0.2, 0.25) is 0 Å². The molecule has 0 atom stereocenters. The third kappa shape index (κ3) is 1.58. The summed E-state index contributed by atoms with van der Waals surface area (Å²) in [6.07, 6.45) is 3.73. The summed E-state index contributed by atoms with van der Waals surface area (Å²) in [4.78, 5) is 17.6. The van der Waals surface area contributed by atoms with Crippen LogP contribution in [0.15, 0.2) is 12.4 Å². The number of carbonyl (C=O) groups is 1. The summed E-state index contributed by atoms with van der Waals surface area (Å²) in [5.41, 5.74) is 0.657. The van der Waals surface area contributed by atoms with Crippen molar-refractivity contribution in [3.05, 3.63) is 23.8 Å². The fourth-order valence-electron chi connectivity index (χ4n) is 0.689.